The lowest BCUT2D eigenvalue weighted by atomic mass is 9.88. The average Bonchev–Trinajstić information content (AvgIpc) is 2.83. The molecule has 33 heavy (non-hydrogen) atoms. The number of hydrogen-bond donors (Lipinski definition) is 1. The van der Waals surface area contributed by atoms with Gasteiger partial charge in [0.1, 0.15) is 0 Å². The maximum absolute atomic E-state index is 13.1. The first kappa shape index (κ1) is 23.3. The second-order valence-corrected chi connectivity index (χ2v) is 9.99. The first-order chi connectivity index (χ1) is 15.9. The van der Waals surface area contributed by atoms with Crippen LogP contribution >= 0.6 is 0 Å². The summed E-state index contributed by atoms with van der Waals surface area (Å²) in [6.45, 7) is 3.45. The topological polar surface area (TPSA) is 67.9 Å². The molecule has 0 saturated carbocycles. The third-order valence-electron chi connectivity index (χ3n) is 6.12. The van der Waals surface area contributed by atoms with Crippen LogP contribution in [0.3, 0.4) is 0 Å². The van der Waals surface area contributed by atoms with Gasteiger partial charge in [0.2, 0.25) is 10.0 Å². The van der Waals surface area contributed by atoms with E-state index in [0.717, 1.165) is 30.6 Å². The highest BCUT2D eigenvalue weighted by Gasteiger charge is 2.35. The van der Waals surface area contributed by atoms with Crippen molar-refractivity contribution in [2.75, 3.05) is 20.8 Å². The molecule has 1 N–H and O–H groups in total. The smallest absolute Gasteiger partial charge is 0.240 e. The number of nitrogens with zero attached hydrogens (tertiary/aromatic N) is 1. The zero-order chi connectivity index (χ0) is 23.4. The number of sulfonamides is 1. The zero-order valence-corrected chi connectivity index (χ0v) is 20.0. The van der Waals surface area contributed by atoms with Crippen LogP contribution in [0.15, 0.2) is 77.7 Å². The highest BCUT2D eigenvalue weighted by atomic mass is 32.2. The number of benzene rings is 3. The molecule has 0 aliphatic carbocycles. The van der Waals surface area contributed by atoms with E-state index in [1.54, 1.807) is 44.6 Å². The Bertz CT molecular complexity index is 1180. The van der Waals surface area contributed by atoms with Crippen molar-refractivity contribution in [3.63, 3.8) is 0 Å². The molecule has 1 aliphatic rings. The van der Waals surface area contributed by atoms with Gasteiger partial charge in [-0.25, -0.2) is 13.1 Å². The van der Waals surface area contributed by atoms with Gasteiger partial charge in [0.25, 0.3) is 0 Å². The van der Waals surface area contributed by atoms with Crippen molar-refractivity contribution in [3.05, 3.63) is 89.5 Å². The lowest BCUT2D eigenvalue weighted by Gasteiger charge is -2.41. The molecule has 0 bridgehead atoms. The predicted molar refractivity (Wildman–Crippen MR) is 129 cm³/mol. The molecule has 7 heteroatoms. The molecule has 0 saturated heterocycles. The minimum Gasteiger partial charge on any atom is -0.493 e. The van der Waals surface area contributed by atoms with Crippen LogP contribution < -0.4 is 14.2 Å². The Hall–Kier alpha value is -2.87. The van der Waals surface area contributed by atoms with Crippen LogP contribution in [-0.4, -0.2) is 40.1 Å². The summed E-state index contributed by atoms with van der Waals surface area (Å²) in [6, 6.07) is 22.2. The zero-order valence-electron chi connectivity index (χ0n) is 19.2. The van der Waals surface area contributed by atoms with Gasteiger partial charge in [0.15, 0.2) is 11.5 Å². The van der Waals surface area contributed by atoms with Crippen LogP contribution in [0.2, 0.25) is 0 Å². The highest BCUT2D eigenvalue weighted by molar-refractivity contribution is 7.89. The van der Waals surface area contributed by atoms with Gasteiger partial charge in [-0.05, 0) is 54.3 Å². The van der Waals surface area contributed by atoms with Gasteiger partial charge < -0.3 is 9.47 Å². The van der Waals surface area contributed by atoms with E-state index in [4.69, 9.17) is 9.47 Å². The van der Waals surface area contributed by atoms with E-state index in [9.17, 15) is 8.42 Å². The van der Waals surface area contributed by atoms with E-state index < -0.39 is 10.0 Å². The molecule has 3 aromatic carbocycles. The average molecular weight is 467 g/mol. The molecular weight excluding hydrogens is 436 g/mol. The SMILES string of the molecule is COc1cc2c(cc1OC)C(C(C)NS(=O)(=O)c1ccccc1)N(Cc1ccccc1)CC2. The third-order valence-corrected chi connectivity index (χ3v) is 7.70. The summed E-state index contributed by atoms with van der Waals surface area (Å²) < 4.78 is 40.2. The van der Waals surface area contributed by atoms with Crippen LogP contribution in [0.25, 0.3) is 0 Å². The Balaban J connectivity index is 1.72. The molecule has 6 nitrogen and oxygen atoms in total. The van der Waals surface area contributed by atoms with Crippen LogP contribution in [0.4, 0.5) is 0 Å². The normalized spacial score (nSPS) is 17.2. The standard InChI is InChI=1S/C26H30N2O4S/c1-19(27-33(29,30)22-12-8-5-9-13-22)26-23-17-25(32-3)24(31-2)16-21(23)14-15-28(26)18-20-10-6-4-7-11-20/h4-13,16-17,19,26-27H,14-15,18H2,1-3H3. The first-order valence-electron chi connectivity index (χ1n) is 11.0. The van der Waals surface area contributed by atoms with Crippen molar-refractivity contribution in [2.24, 2.45) is 0 Å². The number of hydrogen-bond acceptors (Lipinski definition) is 5. The highest BCUT2D eigenvalue weighted by Crippen LogP contribution is 2.40. The van der Waals surface area contributed by atoms with Gasteiger partial charge in [-0.1, -0.05) is 48.5 Å². The summed E-state index contributed by atoms with van der Waals surface area (Å²) in [6.07, 6.45) is 0.844. The third kappa shape index (κ3) is 5.05. The van der Waals surface area contributed by atoms with Crippen LogP contribution in [-0.2, 0) is 23.0 Å². The Morgan fingerprint density at radius 3 is 2.21 bits per heavy atom. The van der Waals surface area contributed by atoms with Gasteiger partial charge in [-0.3, -0.25) is 4.90 Å². The van der Waals surface area contributed by atoms with E-state index in [1.807, 2.05) is 37.3 Å². The molecule has 2 unspecified atom stereocenters. The Kier molecular flexibility index (Phi) is 7.02. The quantitative estimate of drug-likeness (QED) is 0.540. The number of nitrogens with one attached hydrogen (secondary N) is 1. The minimum atomic E-state index is -3.67. The van der Waals surface area contributed by atoms with Crippen molar-refractivity contribution >= 4 is 10.0 Å². The van der Waals surface area contributed by atoms with E-state index in [0.29, 0.717) is 11.5 Å². The molecule has 4 rings (SSSR count). The van der Waals surface area contributed by atoms with Gasteiger partial charge in [-0.2, -0.15) is 0 Å². The molecule has 0 spiro atoms. The first-order valence-corrected chi connectivity index (χ1v) is 12.5. The maximum atomic E-state index is 13.1. The summed E-state index contributed by atoms with van der Waals surface area (Å²) >= 11 is 0. The van der Waals surface area contributed by atoms with E-state index >= 15 is 0 Å². The van der Waals surface area contributed by atoms with Crippen molar-refractivity contribution in [3.8, 4) is 11.5 Å². The molecule has 1 heterocycles. The molecule has 174 valence electrons. The fourth-order valence-corrected chi connectivity index (χ4v) is 5.86. The van der Waals surface area contributed by atoms with Crippen LogP contribution in [0.5, 0.6) is 11.5 Å². The van der Waals surface area contributed by atoms with Crippen molar-refractivity contribution < 1.29 is 17.9 Å². The Morgan fingerprint density at radius 1 is 0.970 bits per heavy atom. The Labute approximate surface area is 196 Å². The predicted octanol–water partition coefficient (Wildman–Crippen LogP) is 4.17. The molecular formula is C26H30N2O4S. The molecule has 0 aromatic heterocycles. The lowest BCUT2D eigenvalue weighted by Crippen LogP contribution is -2.47. The fraction of sp³-hybridized carbons (Fsp3) is 0.308. The lowest BCUT2D eigenvalue weighted by molar-refractivity contribution is 0.150. The van der Waals surface area contributed by atoms with Crippen molar-refractivity contribution in [1.82, 2.24) is 9.62 Å². The van der Waals surface area contributed by atoms with Gasteiger partial charge in [0.05, 0.1) is 25.2 Å². The van der Waals surface area contributed by atoms with Gasteiger partial charge >= 0.3 is 0 Å². The van der Waals surface area contributed by atoms with Crippen molar-refractivity contribution in [2.45, 2.75) is 36.9 Å². The maximum Gasteiger partial charge on any atom is 0.240 e. The van der Waals surface area contributed by atoms with Crippen molar-refractivity contribution in [1.29, 1.82) is 0 Å². The van der Waals surface area contributed by atoms with Gasteiger partial charge in [0, 0.05) is 19.1 Å². The number of rotatable bonds is 8. The summed E-state index contributed by atoms with van der Waals surface area (Å²) in [4.78, 5) is 2.59. The molecule has 1 aliphatic heterocycles. The van der Waals surface area contributed by atoms with Crippen LogP contribution in [0.1, 0.15) is 29.7 Å². The summed E-state index contributed by atoms with van der Waals surface area (Å²) in [5.74, 6) is 1.32. The molecule has 0 amide bonds. The van der Waals surface area contributed by atoms with Crippen LogP contribution in [0, 0.1) is 0 Å². The summed E-state index contributed by atoms with van der Waals surface area (Å²) in [7, 11) is -0.425. The number of fused-ring (bicyclic) bond motifs is 1. The minimum absolute atomic E-state index is 0.174. The molecule has 2 atom stereocenters. The number of ether oxygens (including phenoxy) is 2. The number of methoxy groups -OCH3 is 2. The largest absolute Gasteiger partial charge is 0.493 e. The molecule has 3 aromatic rings. The Morgan fingerprint density at radius 2 is 1.58 bits per heavy atom. The van der Waals surface area contributed by atoms with E-state index in [2.05, 4.69) is 21.8 Å². The van der Waals surface area contributed by atoms with Gasteiger partial charge in [-0.15, -0.1) is 0 Å². The fourth-order valence-electron chi connectivity index (χ4n) is 4.59. The summed E-state index contributed by atoms with van der Waals surface area (Å²) in [5, 5.41) is 0. The summed E-state index contributed by atoms with van der Waals surface area (Å²) in [5.41, 5.74) is 3.38. The van der Waals surface area contributed by atoms with E-state index in [1.165, 1.54) is 5.56 Å². The second kappa shape index (κ2) is 9.95. The second-order valence-electron chi connectivity index (χ2n) is 8.28. The molecule has 0 radical (unpaired) electrons. The monoisotopic (exact) mass is 466 g/mol. The van der Waals surface area contributed by atoms with E-state index in [-0.39, 0.29) is 17.0 Å². The molecule has 0 fully saturated rings.